The van der Waals surface area contributed by atoms with Crippen LogP contribution in [-0.2, 0) is 17.6 Å². The first kappa shape index (κ1) is 13.9. The zero-order valence-electron chi connectivity index (χ0n) is 10.7. The number of amides is 1. The molecule has 1 aliphatic carbocycles. The first-order valence-corrected chi connectivity index (χ1v) is 6.45. The van der Waals surface area contributed by atoms with Gasteiger partial charge in [-0.3, -0.25) is 4.79 Å². The fourth-order valence-electron chi connectivity index (χ4n) is 2.61. The monoisotopic (exact) mass is 268 g/mol. The van der Waals surface area contributed by atoms with Gasteiger partial charge in [-0.05, 0) is 24.0 Å². The number of carbonyl (C=O) groups is 1. The molecule has 5 heteroatoms. The van der Waals surface area contributed by atoms with Crippen LogP contribution in [0.5, 0.6) is 0 Å². The molecule has 0 fully saturated rings. The van der Waals surface area contributed by atoms with Crippen molar-refractivity contribution in [3.05, 3.63) is 35.4 Å². The third kappa shape index (κ3) is 3.29. The Morgan fingerprint density at radius 2 is 1.89 bits per heavy atom. The lowest BCUT2D eigenvalue weighted by Crippen LogP contribution is -2.42. The average molecular weight is 268 g/mol. The smallest absolute Gasteiger partial charge is 0.255 e. The van der Waals surface area contributed by atoms with Gasteiger partial charge in [0, 0.05) is 19.0 Å². The molecule has 0 bridgehead atoms. The number of benzene rings is 1. The summed E-state index contributed by atoms with van der Waals surface area (Å²) in [5.74, 6) is -0.426. The third-order valence-corrected chi connectivity index (χ3v) is 3.47. The number of nitrogens with two attached hydrogens (primary N) is 1. The van der Waals surface area contributed by atoms with Crippen LogP contribution in [0.3, 0.4) is 0 Å². The van der Waals surface area contributed by atoms with Crippen molar-refractivity contribution in [2.75, 3.05) is 19.6 Å². The average Bonchev–Trinajstić information content (AvgIpc) is 2.80. The first-order chi connectivity index (χ1) is 9.11. The second kappa shape index (κ2) is 6.10. The highest BCUT2D eigenvalue weighted by Crippen LogP contribution is 2.27. The molecule has 19 heavy (non-hydrogen) atoms. The number of carbonyl (C=O) groups excluding carboxylic acids is 1. The van der Waals surface area contributed by atoms with E-state index in [-0.39, 0.29) is 24.9 Å². The molecule has 1 amide bonds. The van der Waals surface area contributed by atoms with Crippen molar-refractivity contribution in [1.29, 1.82) is 0 Å². The summed E-state index contributed by atoms with van der Waals surface area (Å²) in [5, 5.41) is 0. The van der Waals surface area contributed by atoms with E-state index in [1.165, 1.54) is 4.90 Å². The minimum Gasteiger partial charge on any atom is -0.335 e. The Labute approximate surface area is 111 Å². The Balaban J connectivity index is 2.04. The molecule has 0 radical (unpaired) electrons. The van der Waals surface area contributed by atoms with Gasteiger partial charge in [0.15, 0.2) is 0 Å². The number of hydrogen-bond acceptors (Lipinski definition) is 2. The minimum absolute atomic E-state index is 0.190. The van der Waals surface area contributed by atoms with E-state index in [0.29, 0.717) is 12.8 Å². The van der Waals surface area contributed by atoms with E-state index < -0.39 is 13.0 Å². The van der Waals surface area contributed by atoms with E-state index in [1.54, 1.807) is 0 Å². The molecule has 0 saturated carbocycles. The molecule has 1 aromatic rings. The maximum atomic E-state index is 12.5. The Kier molecular flexibility index (Phi) is 4.47. The molecule has 2 rings (SSSR count). The third-order valence-electron chi connectivity index (χ3n) is 3.47. The molecule has 0 aliphatic heterocycles. The Morgan fingerprint density at radius 1 is 1.32 bits per heavy atom. The lowest BCUT2D eigenvalue weighted by molar-refractivity contribution is -0.137. The van der Waals surface area contributed by atoms with Crippen molar-refractivity contribution < 1.29 is 13.6 Å². The van der Waals surface area contributed by atoms with Crippen molar-refractivity contribution in [2.45, 2.75) is 19.3 Å². The van der Waals surface area contributed by atoms with Gasteiger partial charge in [0.25, 0.3) is 6.43 Å². The van der Waals surface area contributed by atoms with E-state index in [9.17, 15) is 13.6 Å². The molecule has 0 saturated heterocycles. The summed E-state index contributed by atoms with van der Waals surface area (Å²) < 4.78 is 25.0. The van der Waals surface area contributed by atoms with Crippen LogP contribution in [0.4, 0.5) is 8.78 Å². The number of hydrogen-bond donors (Lipinski definition) is 1. The second-order valence-corrected chi connectivity index (χ2v) is 4.84. The molecule has 1 aromatic carbocycles. The van der Waals surface area contributed by atoms with Gasteiger partial charge >= 0.3 is 0 Å². The summed E-state index contributed by atoms with van der Waals surface area (Å²) in [6, 6.07) is 7.84. The SMILES string of the molecule is NCCN(CC(F)F)C(=O)C1Cc2ccccc2C1. The number of alkyl halides is 2. The van der Waals surface area contributed by atoms with Gasteiger partial charge in [-0.25, -0.2) is 8.78 Å². The van der Waals surface area contributed by atoms with Crippen molar-refractivity contribution in [1.82, 2.24) is 4.90 Å². The van der Waals surface area contributed by atoms with Crippen LogP contribution in [0.1, 0.15) is 11.1 Å². The van der Waals surface area contributed by atoms with Gasteiger partial charge in [0.05, 0.1) is 6.54 Å². The number of fused-ring (bicyclic) bond motifs is 1. The van der Waals surface area contributed by atoms with Crippen LogP contribution in [0, 0.1) is 5.92 Å². The van der Waals surface area contributed by atoms with E-state index in [4.69, 9.17) is 5.73 Å². The van der Waals surface area contributed by atoms with Gasteiger partial charge in [0.1, 0.15) is 0 Å². The summed E-state index contributed by atoms with van der Waals surface area (Å²) in [6.45, 7) is -0.128. The van der Waals surface area contributed by atoms with Crippen molar-refractivity contribution in [3.8, 4) is 0 Å². The Bertz CT molecular complexity index is 426. The predicted octanol–water partition coefficient (Wildman–Crippen LogP) is 1.45. The standard InChI is InChI=1S/C14H18F2N2O/c15-13(16)9-18(6-5-17)14(19)12-7-10-3-1-2-4-11(10)8-12/h1-4,12-13H,5-9,17H2. The molecular formula is C14H18F2N2O. The van der Waals surface area contributed by atoms with Gasteiger partial charge < -0.3 is 10.6 Å². The summed E-state index contributed by atoms with van der Waals surface area (Å²) in [4.78, 5) is 13.5. The highest BCUT2D eigenvalue weighted by atomic mass is 19.3. The topological polar surface area (TPSA) is 46.3 Å². The zero-order valence-corrected chi connectivity index (χ0v) is 10.7. The Morgan fingerprint density at radius 3 is 2.37 bits per heavy atom. The normalized spacial score (nSPS) is 14.7. The molecule has 3 nitrogen and oxygen atoms in total. The van der Waals surface area contributed by atoms with E-state index in [1.807, 2.05) is 24.3 Å². The largest absolute Gasteiger partial charge is 0.335 e. The summed E-state index contributed by atoms with van der Waals surface area (Å²) in [6.07, 6.45) is -1.24. The fourth-order valence-corrected chi connectivity index (χ4v) is 2.61. The molecule has 0 unspecified atom stereocenters. The highest BCUT2D eigenvalue weighted by Gasteiger charge is 2.31. The molecule has 1 aliphatic rings. The first-order valence-electron chi connectivity index (χ1n) is 6.45. The predicted molar refractivity (Wildman–Crippen MR) is 69.0 cm³/mol. The lowest BCUT2D eigenvalue weighted by atomic mass is 10.0. The van der Waals surface area contributed by atoms with Gasteiger partial charge in [0.2, 0.25) is 5.91 Å². The van der Waals surface area contributed by atoms with E-state index >= 15 is 0 Å². The van der Waals surface area contributed by atoms with Crippen molar-refractivity contribution in [3.63, 3.8) is 0 Å². The Hall–Kier alpha value is -1.49. The van der Waals surface area contributed by atoms with Gasteiger partial charge in [-0.15, -0.1) is 0 Å². The molecule has 0 heterocycles. The van der Waals surface area contributed by atoms with Crippen LogP contribution in [0.15, 0.2) is 24.3 Å². The van der Waals surface area contributed by atoms with E-state index in [2.05, 4.69) is 0 Å². The number of nitrogens with zero attached hydrogens (tertiary/aromatic N) is 1. The van der Waals surface area contributed by atoms with Gasteiger partial charge in [-0.1, -0.05) is 24.3 Å². The van der Waals surface area contributed by atoms with Crippen molar-refractivity contribution >= 4 is 5.91 Å². The maximum Gasteiger partial charge on any atom is 0.255 e. The lowest BCUT2D eigenvalue weighted by Gasteiger charge is -2.24. The minimum atomic E-state index is -2.51. The van der Waals surface area contributed by atoms with Crippen LogP contribution >= 0.6 is 0 Å². The summed E-state index contributed by atoms with van der Waals surface area (Å²) in [5.41, 5.74) is 7.68. The highest BCUT2D eigenvalue weighted by molar-refractivity contribution is 5.80. The quantitative estimate of drug-likeness (QED) is 0.878. The van der Waals surface area contributed by atoms with E-state index in [0.717, 1.165) is 11.1 Å². The molecule has 2 N–H and O–H groups in total. The van der Waals surface area contributed by atoms with Gasteiger partial charge in [-0.2, -0.15) is 0 Å². The van der Waals surface area contributed by atoms with Crippen LogP contribution in [0.25, 0.3) is 0 Å². The van der Waals surface area contributed by atoms with Crippen LogP contribution in [0.2, 0.25) is 0 Å². The molecule has 0 aromatic heterocycles. The van der Waals surface area contributed by atoms with Crippen LogP contribution in [-0.4, -0.2) is 36.9 Å². The second-order valence-electron chi connectivity index (χ2n) is 4.84. The number of halogens is 2. The summed E-state index contributed by atoms with van der Waals surface area (Å²) >= 11 is 0. The molecule has 104 valence electrons. The molecule has 0 spiro atoms. The number of rotatable bonds is 5. The maximum absolute atomic E-state index is 12.5. The zero-order chi connectivity index (χ0) is 13.8. The fraction of sp³-hybridized carbons (Fsp3) is 0.500. The van der Waals surface area contributed by atoms with Crippen molar-refractivity contribution in [2.24, 2.45) is 11.7 Å². The summed E-state index contributed by atoms with van der Waals surface area (Å²) in [7, 11) is 0. The molecule has 0 atom stereocenters. The molecular weight excluding hydrogens is 250 g/mol. The van der Waals surface area contributed by atoms with Crippen LogP contribution < -0.4 is 5.73 Å².